The van der Waals surface area contributed by atoms with Gasteiger partial charge in [0.05, 0.1) is 0 Å². The zero-order valence-corrected chi connectivity index (χ0v) is 6.74. The van der Waals surface area contributed by atoms with Gasteiger partial charge in [0.1, 0.15) is 0 Å². The Balaban J connectivity index is 2.08. The molecule has 2 bridgehead atoms. The summed E-state index contributed by atoms with van der Waals surface area (Å²) in [6, 6.07) is 0.218. The van der Waals surface area contributed by atoms with E-state index in [0.29, 0.717) is 5.92 Å². The highest BCUT2D eigenvalue weighted by Crippen LogP contribution is 2.44. The first kappa shape index (κ1) is 7.11. The maximum absolute atomic E-state index is 5.91. The first-order valence-electron chi connectivity index (χ1n) is 4.37. The van der Waals surface area contributed by atoms with E-state index in [4.69, 9.17) is 5.73 Å². The summed E-state index contributed by atoms with van der Waals surface area (Å²) in [5.41, 5.74) is 5.91. The molecule has 2 rings (SSSR count). The van der Waals surface area contributed by atoms with Crippen molar-refractivity contribution in [2.75, 3.05) is 0 Å². The van der Waals surface area contributed by atoms with Gasteiger partial charge in [-0.05, 0) is 30.6 Å². The van der Waals surface area contributed by atoms with Crippen molar-refractivity contribution in [3.05, 3.63) is 24.8 Å². The summed E-state index contributed by atoms with van der Waals surface area (Å²) in [5, 5.41) is 0. The summed E-state index contributed by atoms with van der Waals surface area (Å²) < 4.78 is 0. The van der Waals surface area contributed by atoms with Crippen LogP contribution in [-0.2, 0) is 0 Å². The zero-order valence-electron chi connectivity index (χ0n) is 6.74. The van der Waals surface area contributed by atoms with Crippen molar-refractivity contribution < 1.29 is 0 Å². The van der Waals surface area contributed by atoms with E-state index in [1.54, 1.807) is 0 Å². The minimum Gasteiger partial charge on any atom is -0.324 e. The molecule has 0 amide bonds. The van der Waals surface area contributed by atoms with Crippen molar-refractivity contribution in [2.24, 2.45) is 23.5 Å². The second-order valence-corrected chi connectivity index (χ2v) is 3.76. The van der Waals surface area contributed by atoms with Crippen molar-refractivity contribution in [3.63, 3.8) is 0 Å². The van der Waals surface area contributed by atoms with Gasteiger partial charge in [-0.3, -0.25) is 0 Å². The molecule has 0 heterocycles. The van der Waals surface area contributed by atoms with Crippen LogP contribution in [-0.4, -0.2) is 6.04 Å². The maximum Gasteiger partial charge on any atom is 0.0255 e. The van der Waals surface area contributed by atoms with E-state index in [1.807, 2.05) is 6.08 Å². The highest BCUT2D eigenvalue weighted by atomic mass is 14.7. The number of allylic oxidation sites excluding steroid dienone is 2. The SMILES string of the molecule is C=CC(N)C1CC2C=CC1C2. The Kier molecular flexibility index (Phi) is 1.61. The second kappa shape index (κ2) is 2.49. The lowest BCUT2D eigenvalue weighted by Crippen LogP contribution is -2.30. The number of nitrogens with two attached hydrogens (primary N) is 1. The van der Waals surface area contributed by atoms with Crippen molar-refractivity contribution >= 4 is 0 Å². The van der Waals surface area contributed by atoms with E-state index in [0.717, 1.165) is 11.8 Å². The molecule has 0 aromatic rings. The number of hydrogen-bond donors (Lipinski definition) is 1. The van der Waals surface area contributed by atoms with Crippen LogP contribution in [0.4, 0.5) is 0 Å². The Bertz CT molecular complexity index is 195. The van der Waals surface area contributed by atoms with E-state index in [-0.39, 0.29) is 6.04 Å². The van der Waals surface area contributed by atoms with Crippen LogP contribution in [0.25, 0.3) is 0 Å². The molecule has 0 spiro atoms. The third-order valence-corrected chi connectivity index (χ3v) is 3.10. The normalized spacial score (nSPS) is 42.8. The molecule has 2 aliphatic carbocycles. The predicted octanol–water partition coefficient (Wildman–Crippen LogP) is 1.71. The van der Waals surface area contributed by atoms with Crippen LogP contribution in [0, 0.1) is 17.8 Å². The summed E-state index contributed by atoms with van der Waals surface area (Å²) in [6.45, 7) is 3.74. The van der Waals surface area contributed by atoms with Crippen LogP contribution in [0.15, 0.2) is 24.8 Å². The Morgan fingerprint density at radius 1 is 1.45 bits per heavy atom. The molecule has 4 unspecified atom stereocenters. The molecule has 2 N–H and O–H groups in total. The standard InChI is InChI=1S/C10H15N/c1-2-10(11)9-6-7-3-4-8(9)5-7/h2-4,7-10H,1,5-6,11H2. The topological polar surface area (TPSA) is 26.0 Å². The smallest absolute Gasteiger partial charge is 0.0255 e. The fraction of sp³-hybridized carbons (Fsp3) is 0.600. The molecular formula is C10H15N. The summed E-state index contributed by atoms with van der Waals surface area (Å²) in [6.07, 6.45) is 9.19. The predicted molar refractivity (Wildman–Crippen MR) is 47.0 cm³/mol. The average molecular weight is 149 g/mol. The summed E-state index contributed by atoms with van der Waals surface area (Å²) in [4.78, 5) is 0. The molecule has 0 radical (unpaired) electrons. The molecule has 0 saturated heterocycles. The van der Waals surface area contributed by atoms with Gasteiger partial charge in [-0.2, -0.15) is 0 Å². The van der Waals surface area contributed by atoms with Gasteiger partial charge in [0.2, 0.25) is 0 Å². The first-order chi connectivity index (χ1) is 5.31. The average Bonchev–Trinajstić information content (AvgIpc) is 2.62. The van der Waals surface area contributed by atoms with Gasteiger partial charge in [-0.25, -0.2) is 0 Å². The molecule has 1 nitrogen and oxygen atoms in total. The second-order valence-electron chi connectivity index (χ2n) is 3.76. The van der Waals surface area contributed by atoms with Crippen molar-refractivity contribution in [1.82, 2.24) is 0 Å². The zero-order chi connectivity index (χ0) is 7.84. The number of rotatable bonds is 2. The molecular weight excluding hydrogens is 134 g/mol. The molecule has 1 saturated carbocycles. The third kappa shape index (κ3) is 1.04. The van der Waals surface area contributed by atoms with Crippen LogP contribution in [0.3, 0.4) is 0 Å². The Morgan fingerprint density at radius 2 is 2.27 bits per heavy atom. The van der Waals surface area contributed by atoms with Gasteiger partial charge in [0.15, 0.2) is 0 Å². The highest BCUT2D eigenvalue weighted by Gasteiger charge is 2.37. The molecule has 4 atom stereocenters. The molecule has 60 valence electrons. The summed E-state index contributed by atoms with van der Waals surface area (Å²) in [5.74, 6) is 2.27. The number of hydrogen-bond acceptors (Lipinski definition) is 1. The van der Waals surface area contributed by atoms with Crippen molar-refractivity contribution in [2.45, 2.75) is 18.9 Å². The van der Waals surface area contributed by atoms with Crippen LogP contribution < -0.4 is 5.73 Å². The summed E-state index contributed by atoms with van der Waals surface area (Å²) >= 11 is 0. The third-order valence-electron chi connectivity index (χ3n) is 3.10. The Labute approximate surface area is 68.0 Å². The lowest BCUT2D eigenvalue weighted by atomic mass is 9.87. The van der Waals surface area contributed by atoms with E-state index in [2.05, 4.69) is 18.7 Å². The van der Waals surface area contributed by atoms with Crippen LogP contribution in [0.1, 0.15) is 12.8 Å². The van der Waals surface area contributed by atoms with Crippen LogP contribution >= 0.6 is 0 Å². The fourth-order valence-electron chi connectivity index (χ4n) is 2.44. The maximum atomic E-state index is 5.91. The van der Waals surface area contributed by atoms with Gasteiger partial charge in [0.25, 0.3) is 0 Å². The van der Waals surface area contributed by atoms with Gasteiger partial charge in [-0.1, -0.05) is 18.2 Å². The van der Waals surface area contributed by atoms with Gasteiger partial charge < -0.3 is 5.73 Å². The molecule has 0 aromatic carbocycles. The molecule has 0 aliphatic heterocycles. The quantitative estimate of drug-likeness (QED) is 0.594. The molecule has 0 aromatic heterocycles. The molecule has 11 heavy (non-hydrogen) atoms. The highest BCUT2D eigenvalue weighted by molar-refractivity contribution is 5.13. The minimum atomic E-state index is 0.218. The lowest BCUT2D eigenvalue weighted by molar-refractivity contribution is 0.406. The Hall–Kier alpha value is -0.560. The monoisotopic (exact) mass is 149 g/mol. The van der Waals surface area contributed by atoms with Gasteiger partial charge in [-0.15, -0.1) is 6.58 Å². The first-order valence-corrected chi connectivity index (χ1v) is 4.37. The minimum absolute atomic E-state index is 0.218. The van der Waals surface area contributed by atoms with Gasteiger partial charge in [0, 0.05) is 6.04 Å². The summed E-state index contributed by atoms with van der Waals surface area (Å²) in [7, 11) is 0. The van der Waals surface area contributed by atoms with Crippen molar-refractivity contribution in [3.8, 4) is 0 Å². The van der Waals surface area contributed by atoms with Crippen LogP contribution in [0.5, 0.6) is 0 Å². The van der Waals surface area contributed by atoms with E-state index in [1.165, 1.54) is 12.8 Å². The van der Waals surface area contributed by atoms with E-state index < -0.39 is 0 Å². The fourth-order valence-corrected chi connectivity index (χ4v) is 2.44. The Morgan fingerprint density at radius 3 is 2.73 bits per heavy atom. The lowest BCUT2D eigenvalue weighted by Gasteiger charge is -2.22. The van der Waals surface area contributed by atoms with E-state index in [9.17, 15) is 0 Å². The molecule has 2 aliphatic rings. The largest absolute Gasteiger partial charge is 0.324 e. The van der Waals surface area contributed by atoms with Gasteiger partial charge >= 0.3 is 0 Å². The van der Waals surface area contributed by atoms with Crippen LogP contribution in [0.2, 0.25) is 0 Å². The van der Waals surface area contributed by atoms with Crippen molar-refractivity contribution in [1.29, 1.82) is 0 Å². The number of fused-ring (bicyclic) bond motifs is 2. The molecule has 1 fully saturated rings. The molecule has 1 heteroatoms. The van der Waals surface area contributed by atoms with E-state index >= 15 is 0 Å².